The molecule has 84 valence electrons. The van der Waals surface area contributed by atoms with Crippen molar-refractivity contribution >= 4 is 5.91 Å². The highest BCUT2D eigenvalue weighted by Gasteiger charge is 1.95. The zero-order valence-electron chi connectivity index (χ0n) is 10.1. The number of hydrogen-bond acceptors (Lipinski definition) is 1. The standard InChI is InChI=1S/C13H21NO/c1-5-12(4)8-6-7-9-13(15)14-10-11(2)3/h6-7,9,11H,5,10H2,1-4H3,(H,14,15)/b9-7+. The monoisotopic (exact) mass is 207 g/mol. The Morgan fingerprint density at radius 1 is 1.47 bits per heavy atom. The molecule has 0 aliphatic rings. The van der Waals surface area contributed by atoms with Crippen LogP contribution in [0.15, 0.2) is 29.5 Å². The molecule has 0 aromatic rings. The largest absolute Gasteiger partial charge is 0.352 e. The Kier molecular flexibility index (Phi) is 7.39. The maximum absolute atomic E-state index is 11.2. The summed E-state index contributed by atoms with van der Waals surface area (Å²) in [5.41, 5.74) is 4.26. The molecule has 0 aromatic heterocycles. The van der Waals surface area contributed by atoms with Crippen LogP contribution in [0.25, 0.3) is 0 Å². The fourth-order valence-electron chi connectivity index (χ4n) is 0.792. The van der Waals surface area contributed by atoms with E-state index < -0.39 is 0 Å². The van der Waals surface area contributed by atoms with Gasteiger partial charge in [-0.25, -0.2) is 0 Å². The molecule has 1 N–H and O–H groups in total. The molecular weight excluding hydrogens is 186 g/mol. The first kappa shape index (κ1) is 13.7. The molecule has 1 amide bonds. The van der Waals surface area contributed by atoms with Crippen molar-refractivity contribution in [3.05, 3.63) is 29.5 Å². The predicted octanol–water partition coefficient (Wildman–Crippen LogP) is 2.83. The second kappa shape index (κ2) is 8.07. The van der Waals surface area contributed by atoms with Gasteiger partial charge in [-0.3, -0.25) is 4.79 Å². The molecule has 0 radical (unpaired) electrons. The maximum atomic E-state index is 11.2. The maximum Gasteiger partial charge on any atom is 0.244 e. The molecule has 15 heavy (non-hydrogen) atoms. The van der Waals surface area contributed by atoms with Crippen LogP contribution in [-0.4, -0.2) is 12.5 Å². The first-order chi connectivity index (χ1) is 7.06. The molecule has 0 fully saturated rings. The van der Waals surface area contributed by atoms with E-state index in [1.54, 1.807) is 12.2 Å². The van der Waals surface area contributed by atoms with Gasteiger partial charge in [-0.1, -0.05) is 20.8 Å². The Morgan fingerprint density at radius 3 is 2.67 bits per heavy atom. The highest BCUT2D eigenvalue weighted by Crippen LogP contribution is 1.93. The Bertz CT molecular complexity index is 281. The summed E-state index contributed by atoms with van der Waals surface area (Å²) in [6.45, 7) is 8.95. The molecule has 0 aromatic carbocycles. The highest BCUT2D eigenvalue weighted by molar-refractivity contribution is 5.87. The molecule has 0 unspecified atom stereocenters. The van der Waals surface area contributed by atoms with Crippen LogP contribution in [0.5, 0.6) is 0 Å². The van der Waals surface area contributed by atoms with Crippen LogP contribution in [0.3, 0.4) is 0 Å². The van der Waals surface area contributed by atoms with Gasteiger partial charge in [-0.15, -0.1) is 5.73 Å². The van der Waals surface area contributed by atoms with Crippen LogP contribution in [0.1, 0.15) is 34.1 Å². The average molecular weight is 207 g/mol. The zero-order valence-corrected chi connectivity index (χ0v) is 10.1. The number of amides is 1. The second-order valence-corrected chi connectivity index (χ2v) is 3.94. The van der Waals surface area contributed by atoms with Crippen LogP contribution in [0.4, 0.5) is 0 Å². The van der Waals surface area contributed by atoms with Gasteiger partial charge in [-0.05, 0) is 37.0 Å². The lowest BCUT2D eigenvalue weighted by Crippen LogP contribution is -2.25. The van der Waals surface area contributed by atoms with Gasteiger partial charge in [0, 0.05) is 12.6 Å². The van der Waals surface area contributed by atoms with E-state index >= 15 is 0 Å². The summed E-state index contributed by atoms with van der Waals surface area (Å²) >= 11 is 0. The summed E-state index contributed by atoms with van der Waals surface area (Å²) in [4.78, 5) is 11.2. The minimum absolute atomic E-state index is 0.0455. The predicted molar refractivity (Wildman–Crippen MR) is 64.5 cm³/mol. The highest BCUT2D eigenvalue weighted by atomic mass is 16.1. The normalized spacial score (nSPS) is 10.2. The van der Waals surface area contributed by atoms with Crippen LogP contribution >= 0.6 is 0 Å². The molecule has 2 heteroatoms. The Morgan fingerprint density at radius 2 is 2.13 bits per heavy atom. The van der Waals surface area contributed by atoms with Crippen molar-refractivity contribution < 1.29 is 4.79 Å². The van der Waals surface area contributed by atoms with Crippen LogP contribution in [0, 0.1) is 5.92 Å². The van der Waals surface area contributed by atoms with E-state index in [9.17, 15) is 4.79 Å². The van der Waals surface area contributed by atoms with Crippen molar-refractivity contribution in [1.82, 2.24) is 5.32 Å². The lowest BCUT2D eigenvalue weighted by molar-refractivity contribution is -0.116. The molecule has 0 atom stereocenters. The van der Waals surface area contributed by atoms with Crippen LogP contribution < -0.4 is 5.32 Å². The van der Waals surface area contributed by atoms with E-state index in [0.29, 0.717) is 5.92 Å². The molecule has 0 saturated carbocycles. The van der Waals surface area contributed by atoms with E-state index in [2.05, 4.69) is 31.8 Å². The number of nitrogens with one attached hydrogen (secondary N) is 1. The van der Waals surface area contributed by atoms with E-state index in [0.717, 1.165) is 13.0 Å². The fraction of sp³-hybridized carbons (Fsp3) is 0.538. The van der Waals surface area contributed by atoms with Crippen molar-refractivity contribution in [2.75, 3.05) is 6.54 Å². The quantitative estimate of drug-likeness (QED) is 0.419. The number of rotatable bonds is 5. The van der Waals surface area contributed by atoms with Gasteiger partial charge in [-0.2, -0.15) is 0 Å². The molecule has 0 bridgehead atoms. The first-order valence-corrected chi connectivity index (χ1v) is 5.43. The summed E-state index contributed by atoms with van der Waals surface area (Å²) in [6, 6.07) is 0. The third kappa shape index (κ3) is 9.04. The van der Waals surface area contributed by atoms with Gasteiger partial charge in [0.15, 0.2) is 0 Å². The van der Waals surface area contributed by atoms with Gasteiger partial charge < -0.3 is 5.32 Å². The van der Waals surface area contributed by atoms with Gasteiger partial charge in [0.25, 0.3) is 0 Å². The van der Waals surface area contributed by atoms with E-state index in [1.165, 1.54) is 11.6 Å². The smallest absolute Gasteiger partial charge is 0.244 e. The van der Waals surface area contributed by atoms with Crippen LogP contribution in [0.2, 0.25) is 0 Å². The summed E-state index contributed by atoms with van der Waals surface area (Å²) in [5.74, 6) is 0.441. The SMILES string of the molecule is CCC(C)=C=C/C=C/C(=O)NCC(C)C. The fourth-order valence-corrected chi connectivity index (χ4v) is 0.792. The molecule has 0 aliphatic carbocycles. The third-order valence-electron chi connectivity index (χ3n) is 1.89. The minimum Gasteiger partial charge on any atom is -0.352 e. The van der Waals surface area contributed by atoms with Crippen molar-refractivity contribution in [2.45, 2.75) is 34.1 Å². The lowest BCUT2D eigenvalue weighted by atomic mass is 10.2. The summed E-state index contributed by atoms with van der Waals surface area (Å²) in [7, 11) is 0. The van der Waals surface area contributed by atoms with Crippen molar-refractivity contribution in [3.63, 3.8) is 0 Å². The Balaban J connectivity index is 3.97. The van der Waals surface area contributed by atoms with Gasteiger partial charge in [0.05, 0.1) is 0 Å². The van der Waals surface area contributed by atoms with Gasteiger partial charge in [0.2, 0.25) is 5.91 Å². The second-order valence-electron chi connectivity index (χ2n) is 3.94. The molecule has 0 rings (SSSR count). The van der Waals surface area contributed by atoms with Crippen molar-refractivity contribution in [1.29, 1.82) is 0 Å². The number of allylic oxidation sites excluding steroid dienone is 2. The Labute approximate surface area is 92.8 Å². The Hall–Kier alpha value is -1.27. The number of carbonyl (C=O) groups excluding carboxylic acids is 1. The zero-order chi connectivity index (χ0) is 11.7. The number of hydrogen-bond donors (Lipinski definition) is 1. The summed E-state index contributed by atoms with van der Waals surface area (Å²) < 4.78 is 0. The third-order valence-corrected chi connectivity index (χ3v) is 1.89. The van der Waals surface area contributed by atoms with Crippen molar-refractivity contribution in [3.8, 4) is 0 Å². The summed E-state index contributed by atoms with van der Waals surface area (Å²) in [6.07, 6.45) is 6.00. The molecule has 0 spiro atoms. The number of carbonyl (C=O) groups is 1. The summed E-state index contributed by atoms with van der Waals surface area (Å²) in [5, 5.41) is 2.80. The molecular formula is C13H21NO. The molecule has 0 heterocycles. The molecule has 0 saturated heterocycles. The first-order valence-electron chi connectivity index (χ1n) is 5.43. The minimum atomic E-state index is -0.0455. The topological polar surface area (TPSA) is 29.1 Å². The van der Waals surface area contributed by atoms with Crippen LogP contribution in [-0.2, 0) is 4.79 Å². The van der Waals surface area contributed by atoms with Crippen molar-refractivity contribution in [2.24, 2.45) is 5.92 Å². The molecule has 0 aliphatic heterocycles. The molecule has 2 nitrogen and oxygen atoms in total. The van der Waals surface area contributed by atoms with E-state index in [4.69, 9.17) is 0 Å². The average Bonchev–Trinajstić information content (AvgIpc) is 2.21. The van der Waals surface area contributed by atoms with E-state index in [1.807, 2.05) is 6.92 Å². The van der Waals surface area contributed by atoms with Gasteiger partial charge >= 0.3 is 0 Å². The lowest BCUT2D eigenvalue weighted by Gasteiger charge is -2.03. The van der Waals surface area contributed by atoms with E-state index in [-0.39, 0.29) is 5.91 Å². The van der Waals surface area contributed by atoms with Gasteiger partial charge in [0.1, 0.15) is 0 Å².